The summed E-state index contributed by atoms with van der Waals surface area (Å²) in [5.41, 5.74) is 0. The molecule has 24 heavy (non-hydrogen) atoms. The van der Waals surface area contributed by atoms with Crippen LogP contribution in [0, 0.1) is 5.92 Å². The van der Waals surface area contributed by atoms with Crippen LogP contribution in [0.4, 0.5) is 0 Å². The summed E-state index contributed by atoms with van der Waals surface area (Å²) >= 11 is 0. The zero-order valence-corrected chi connectivity index (χ0v) is 16.1. The standard InChI is InChI=1S/C19H37NO4/c1-5-6-7-8-9-10-11-12-13-14-15-16(18(21)22)17(19(23)24)20(2,3)4/h16-17H,5-15H2,1-4H3,(H-,21,22,23,24)/p+1. The van der Waals surface area contributed by atoms with Crippen LogP contribution in [0.5, 0.6) is 0 Å². The predicted molar refractivity (Wildman–Crippen MR) is 97.0 cm³/mol. The third-order valence-corrected chi connectivity index (χ3v) is 4.65. The molecule has 5 nitrogen and oxygen atoms in total. The van der Waals surface area contributed by atoms with Crippen molar-refractivity contribution >= 4 is 11.9 Å². The molecule has 0 fully saturated rings. The van der Waals surface area contributed by atoms with Crippen molar-refractivity contribution in [3.8, 4) is 0 Å². The number of hydrogen-bond donors (Lipinski definition) is 2. The fourth-order valence-corrected chi connectivity index (χ4v) is 3.31. The van der Waals surface area contributed by atoms with E-state index in [4.69, 9.17) is 0 Å². The number of rotatable bonds is 15. The molecule has 0 heterocycles. The first-order valence-corrected chi connectivity index (χ1v) is 9.48. The number of carbonyl (C=O) groups is 2. The quantitative estimate of drug-likeness (QED) is 0.345. The second kappa shape index (κ2) is 12.3. The number of nitrogens with zero attached hydrogens (tertiary/aromatic N) is 1. The van der Waals surface area contributed by atoms with Gasteiger partial charge < -0.3 is 14.7 Å². The summed E-state index contributed by atoms with van der Waals surface area (Å²) in [6, 6.07) is -0.902. The Morgan fingerprint density at radius 3 is 1.50 bits per heavy atom. The second-order valence-electron chi connectivity index (χ2n) is 7.81. The summed E-state index contributed by atoms with van der Waals surface area (Å²) < 4.78 is 0.129. The SMILES string of the molecule is CCCCCCCCCCCCC(C(=O)O)C(C(=O)O)[N+](C)(C)C. The summed E-state index contributed by atoms with van der Waals surface area (Å²) in [5, 5.41) is 18.8. The van der Waals surface area contributed by atoms with Crippen LogP contribution in [-0.4, -0.2) is 53.8 Å². The van der Waals surface area contributed by atoms with Crippen LogP contribution in [0.15, 0.2) is 0 Å². The van der Waals surface area contributed by atoms with E-state index in [9.17, 15) is 19.8 Å². The van der Waals surface area contributed by atoms with Crippen molar-refractivity contribution in [2.45, 2.75) is 83.6 Å². The molecular formula is C19H38NO4+. The van der Waals surface area contributed by atoms with Gasteiger partial charge in [0.1, 0.15) is 5.92 Å². The van der Waals surface area contributed by atoms with Crippen molar-refractivity contribution in [1.29, 1.82) is 0 Å². The average Bonchev–Trinajstić information content (AvgIpc) is 2.45. The van der Waals surface area contributed by atoms with Gasteiger partial charge in [-0.05, 0) is 6.42 Å². The smallest absolute Gasteiger partial charge is 0.363 e. The second-order valence-corrected chi connectivity index (χ2v) is 7.81. The van der Waals surface area contributed by atoms with Crippen LogP contribution in [0.25, 0.3) is 0 Å². The molecule has 0 spiro atoms. The van der Waals surface area contributed by atoms with Gasteiger partial charge in [-0.1, -0.05) is 71.1 Å². The van der Waals surface area contributed by atoms with Gasteiger partial charge in [0.05, 0.1) is 21.1 Å². The summed E-state index contributed by atoms with van der Waals surface area (Å²) in [6.45, 7) is 2.22. The van der Waals surface area contributed by atoms with E-state index >= 15 is 0 Å². The Labute approximate surface area is 147 Å². The molecule has 0 aliphatic heterocycles. The van der Waals surface area contributed by atoms with Gasteiger partial charge in [0.2, 0.25) is 0 Å². The Balaban J connectivity index is 4.07. The molecule has 5 heteroatoms. The van der Waals surface area contributed by atoms with Gasteiger partial charge in [0, 0.05) is 0 Å². The minimum Gasteiger partial charge on any atom is -0.481 e. The maximum Gasteiger partial charge on any atom is 0.363 e. The van der Waals surface area contributed by atoms with Crippen molar-refractivity contribution in [2.75, 3.05) is 21.1 Å². The van der Waals surface area contributed by atoms with Crippen LogP contribution in [0.3, 0.4) is 0 Å². The highest BCUT2D eigenvalue weighted by Gasteiger charge is 2.42. The number of unbranched alkanes of at least 4 members (excludes halogenated alkanes) is 9. The number of carboxylic acid groups (broad SMARTS) is 2. The van der Waals surface area contributed by atoms with Gasteiger partial charge in [0.15, 0.2) is 6.04 Å². The molecule has 0 amide bonds. The minimum atomic E-state index is -1.03. The average molecular weight is 345 g/mol. The predicted octanol–water partition coefficient (Wildman–Crippen LogP) is 4.16. The van der Waals surface area contributed by atoms with Crippen LogP contribution in [0.1, 0.15) is 77.6 Å². The largest absolute Gasteiger partial charge is 0.481 e. The summed E-state index contributed by atoms with van der Waals surface area (Å²) in [4.78, 5) is 23.0. The third kappa shape index (κ3) is 9.91. The van der Waals surface area contributed by atoms with Gasteiger partial charge in [0.25, 0.3) is 0 Å². The molecule has 0 aromatic carbocycles. The Hall–Kier alpha value is -1.10. The van der Waals surface area contributed by atoms with E-state index in [1.807, 2.05) is 0 Å². The zero-order chi connectivity index (χ0) is 18.6. The number of quaternary nitrogens is 1. The molecule has 0 aliphatic carbocycles. The Morgan fingerprint density at radius 1 is 0.750 bits per heavy atom. The van der Waals surface area contributed by atoms with Gasteiger partial charge in [-0.25, -0.2) is 4.79 Å². The van der Waals surface area contributed by atoms with Crippen LogP contribution in [0.2, 0.25) is 0 Å². The van der Waals surface area contributed by atoms with E-state index in [1.54, 1.807) is 21.1 Å². The molecule has 2 atom stereocenters. The number of likely N-dealkylation sites (N-methyl/N-ethyl adjacent to an activating group) is 1. The monoisotopic (exact) mass is 344 g/mol. The first kappa shape index (κ1) is 22.9. The lowest BCUT2D eigenvalue weighted by molar-refractivity contribution is -0.890. The summed E-state index contributed by atoms with van der Waals surface area (Å²) in [6.07, 6.45) is 12.3. The normalized spacial score (nSPS) is 14.3. The van der Waals surface area contributed by atoms with Crippen molar-refractivity contribution in [3.05, 3.63) is 0 Å². The third-order valence-electron chi connectivity index (χ3n) is 4.65. The lowest BCUT2D eigenvalue weighted by atomic mass is 9.91. The van der Waals surface area contributed by atoms with Gasteiger partial charge >= 0.3 is 11.9 Å². The molecule has 0 radical (unpaired) electrons. The Kier molecular flexibility index (Phi) is 11.7. The minimum absolute atomic E-state index is 0.129. The first-order valence-electron chi connectivity index (χ1n) is 9.48. The van der Waals surface area contributed by atoms with Crippen molar-refractivity contribution in [3.63, 3.8) is 0 Å². The van der Waals surface area contributed by atoms with E-state index in [0.717, 1.165) is 19.3 Å². The van der Waals surface area contributed by atoms with Gasteiger partial charge in [-0.3, -0.25) is 4.79 Å². The highest BCUT2D eigenvalue weighted by molar-refractivity contribution is 5.81. The first-order chi connectivity index (χ1) is 11.2. The molecule has 0 aromatic heterocycles. The van der Waals surface area contributed by atoms with E-state index in [1.165, 1.54) is 44.9 Å². The highest BCUT2D eigenvalue weighted by atomic mass is 16.4. The molecule has 0 aliphatic rings. The van der Waals surface area contributed by atoms with Crippen LogP contribution >= 0.6 is 0 Å². The molecule has 0 rings (SSSR count). The molecular weight excluding hydrogens is 306 g/mol. The van der Waals surface area contributed by atoms with E-state index in [-0.39, 0.29) is 4.48 Å². The van der Waals surface area contributed by atoms with Crippen molar-refractivity contribution < 1.29 is 24.3 Å². The fraction of sp³-hybridized carbons (Fsp3) is 0.895. The molecule has 0 aromatic rings. The lowest BCUT2D eigenvalue weighted by Crippen LogP contribution is -2.55. The topological polar surface area (TPSA) is 74.6 Å². The molecule has 0 saturated heterocycles. The fourth-order valence-electron chi connectivity index (χ4n) is 3.31. The van der Waals surface area contributed by atoms with Crippen LogP contribution < -0.4 is 0 Å². The zero-order valence-electron chi connectivity index (χ0n) is 16.1. The van der Waals surface area contributed by atoms with Crippen molar-refractivity contribution in [1.82, 2.24) is 0 Å². The number of aliphatic carboxylic acids is 2. The van der Waals surface area contributed by atoms with E-state index < -0.39 is 23.9 Å². The van der Waals surface area contributed by atoms with E-state index in [0.29, 0.717) is 6.42 Å². The molecule has 2 unspecified atom stereocenters. The van der Waals surface area contributed by atoms with E-state index in [2.05, 4.69) is 6.92 Å². The Bertz CT molecular complexity index is 363. The van der Waals surface area contributed by atoms with Crippen LogP contribution in [-0.2, 0) is 9.59 Å². The molecule has 0 saturated carbocycles. The maximum absolute atomic E-state index is 11.5. The highest BCUT2D eigenvalue weighted by Crippen LogP contribution is 2.22. The van der Waals surface area contributed by atoms with Gasteiger partial charge in [-0.15, -0.1) is 0 Å². The maximum atomic E-state index is 11.5. The molecule has 2 N–H and O–H groups in total. The molecule has 142 valence electrons. The number of hydrogen-bond acceptors (Lipinski definition) is 2. The van der Waals surface area contributed by atoms with Gasteiger partial charge in [-0.2, -0.15) is 0 Å². The molecule has 0 bridgehead atoms. The summed E-state index contributed by atoms with van der Waals surface area (Å²) in [7, 11) is 5.23. The lowest BCUT2D eigenvalue weighted by Gasteiger charge is -2.34. The number of carboxylic acids is 2. The van der Waals surface area contributed by atoms with Crippen molar-refractivity contribution in [2.24, 2.45) is 5.92 Å². The summed E-state index contributed by atoms with van der Waals surface area (Å²) in [5.74, 6) is -2.84. The Morgan fingerprint density at radius 2 is 1.17 bits per heavy atom.